The number of aromatic hydroxyl groups is 1. The fourth-order valence-corrected chi connectivity index (χ4v) is 3.88. The molecule has 0 bridgehead atoms. The summed E-state index contributed by atoms with van der Waals surface area (Å²) in [6.45, 7) is 0.191. The number of allylic oxidation sites excluding steroid dienone is 1. The molecule has 154 valence electrons. The van der Waals surface area contributed by atoms with Gasteiger partial charge in [0.15, 0.2) is 5.82 Å². The lowest BCUT2D eigenvalue weighted by Crippen LogP contribution is -2.19. The Bertz CT molecular complexity index is 1570. The van der Waals surface area contributed by atoms with E-state index in [2.05, 4.69) is 16.1 Å². The summed E-state index contributed by atoms with van der Waals surface area (Å²) in [7, 11) is 0. The first-order valence-electron chi connectivity index (χ1n) is 9.77. The molecular formula is C24H15N5O3. The third-order valence-corrected chi connectivity index (χ3v) is 5.33. The van der Waals surface area contributed by atoms with Crippen LogP contribution in [-0.4, -0.2) is 14.6 Å². The normalized spacial score (nSPS) is 12.0. The van der Waals surface area contributed by atoms with E-state index in [-0.39, 0.29) is 29.5 Å². The van der Waals surface area contributed by atoms with Crippen molar-refractivity contribution in [1.29, 1.82) is 5.26 Å². The Labute approximate surface area is 181 Å². The predicted molar refractivity (Wildman–Crippen MR) is 117 cm³/mol. The van der Waals surface area contributed by atoms with Crippen molar-refractivity contribution in [2.24, 2.45) is 9.98 Å². The number of fused-ring (bicyclic) bond motifs is 2. The number of para-hydroxylation sites is 3. The molecule has 3 aromatic carbocycles. The van der Waals surface area contributed by atoms with Crippen molar-refractivity contribution in [2.45, 2.75) is 6.54 Å². The average molecular weight is 421 g/mol. The van der Waals surface area contributed by atoms with Crippen LogP contribution >= 0.6 is 0 Å². The zero-order valence-electron chi connectivity index (χ0n) is 16.6. The van der Waals surface area contributed by atoms with Gasteiger partial charge < -0.3 is 9.67 Å². The van der Waals surface area contributed by atoms with Gasteiger partial charge in [-0.15, -0.1) is 0 Å². The highest BCUT2D eigenvalue weighted by molar-refractivity contribution is 6.00. The molecule has 0 fully saturated rings. The molecule has 0 saturated carbocycles. The molecule has 5 rings (SSSR count). The first-order valence-corrected chi connectivity index (χ1v) is 9.77. The Morgan fingerprint density at radius 3 is 2.41 bits per heavy atom. The van der Waals surface area contributed by atoms with Crippen LogP contribution in [0.5, 0.6) is 5.88 Å². The van der Waals surface area contributed by atoms with Gasteiger partial charge in [-0.05, 0) is 23.8 Å². The van der Waals surface area contributed by atoms with Gasteiger partial charge in [0.05, 0.1) is 33.3 Å². The number of rotatable bonds is 4. The smallest absolute Gasteiger partial charge is 0.269 e. The highest BCUT2D eigenvalue weighted by Crippen LogP contribution is 2.38. The lowest BCUT2D eigenvalue weighted by Gasteiger charge is -2.08. The molecule has 0 spiro atoms. The van der Waals surface area contributed by atoms with Gasteiger partial charge in [-0.2, -0.15) is 5.26 Å². The molecule has 1 aromatic heterocycles. The Kier molecular flexibility index (Phi) is 4.49. The summed E-state index contributed by atoms with van der Waals surface area (Å²) >= 11 is 0. The van der Waals surface area contributed by atoms with Gasteiger partial charge in [-0.25, -0.2) is 9.98 Å². The minimum atomic E-state index is -0.457. The number of non-ortho nitro benzene ring substituents is 1. The van der Waals surface area contributed by atoms with E-state index in [9.17, 15) is 20.5 Å². The molecule has 0 aliphatic carbocycles. The van der Waals surface area contributed by atoms with Gasteiger partial charge in [-0.3, -0.25) is 10.1 Å². The summed E-state index contributed by atoms with van der Waals surface area (Å²) in [5.74, 6) is 0.116. The number of hydrogen-bond donors (Lipinski definition) is 1. The fraction of sp³-hybridized carbons (Fsp3) is 0.0417. The Morgan fingerprint density at radius 2 is 1.72 bits per heavy atom. The molecule has 8 nitrogen and oxygen atoms in total. The molecule has 1 aliphatic rings. The van der Waals surface area contributed by atoms with Crippen molar-refractivity contribution in [3.63, 3.8) is 0 Å². The number of nitriles is 1. The summed E-state index contributed by atoms with van der Waals surface area (Å²) in [6.07, 6.45) is 0. The van der Waals surface area contributed by atoms with Crippen LogP contribution in [0.3, 0.4) is 0 Å². The largest absolute Gasteiger partial charge is 0.494 e. The number of hydrogen-bond acceptors (Lipinski definition) is 6. The van der Waals surface area contributed by atoms with Crippen LogP contribution in [0.1, 0.15) is 11.1 Å². The summed E-state index contributed by atoms with van der Waals surface area (Å²) in [5, 5.41) is 34.3. The number of nitro benzene ring substituents is 1. The maximum atomic E-state index is 11.2. The predicted octanol–water partition coefficient (Wildman–Crippen LogP) is 3.45. The van der Waals surface area contributed by atoms with Gasteiger partial charge in [0.25, 0.3) is 5.69 Å². The topological polar surface area (TPSA) is 117 Å². The van der Waals surface area contributed by atoms with Crippen molar-refractivity contribution < 1.29 is 10.0 Å². The molecule has 2 heterocycles. The van der Waals surface area contributed by atoms with Gasteiger partial charge in [-0.1, -0.05) is 42.5 Å². The first-order chi connectivity index (χ1) is 15.6. The van der Waals surface area contributed by atoms with Gasteiger partial charge in [0, 0.05) is 17.5 Å². The average Bonchev–Trinajstić information content (AvgIpc) is 3.35. The van der Waals surface area contributed by atoms with Crippen molar-refractivity contribution >= 4 is 22.2 Å². The van der Waals surface area contributed by atoms with E-state index in [1.807, 2.05) is 48.5 Å². The molecule has 0 radical (unpaired) electrons. The van der Waals surface area contributed by atoms with Crippen LogP contribution in [0, 0.1) is 21.4 Å². The maximum Gasteiger partial charge on any atom is 0.269 e. The highest BCUT2D eigenvalue weighted by atomic mass is 16.6. The summed E-state index contributed by atoms with van der Waals surface area (Å²) in [4.78, 5) is 19.6. The second kappa shape index (κ2) is 7.49. The molecule has 0 saturated heterocycles. The highest BCUT2D eigenvalue weighted by Gasteiger charge is 2.23. The fourth-order valence-electron chi connectivity index (χ4n) is 3.88. The summed E-state index contributed by atoms with van der Waals surface area (Å²) < 4.78 is 1.63. The minimum Gasteiger partial charge on any atom is -0.494 e. The minimum absolute atomic E-state index is 0.0279. The van der Waals surface area contributed by atoms with E-state index in [0.717, 1.165) is 0 Å². The van der Waals surface area contributed by atoms with E-state index in [1.165, 1.54) is 12.1 Å². The van der Waals surface area contributed by atoms with Gasteiger partial charge in [0.1, 0.15) is 11.6 Å². The SMILES string of the molecule is N#CC(=C1N=c2ccccc2=N1)c1c(O)n(Cc2cccc([N+](=O)[O-])c2)c2ccccc12. The lowest BCUT2D eigenvalue weighted by molar-refractivity contribution is -0.384. The van der Waals surface area contributed by atoms with Crippen LogP contribution in [0.15, 0.2) is 88.6 Å². The van der Waals surface area contributed by atoms with E-state index >= 15 is 0 Å². The second-order valence-corrected chi connectivity index (χ2v) is 7.25. The maximum absolute atomic E-state index is 11.2. The summed E-state index contributed by atoms with van der Waals surface area (Å²) in [6, 6.07) is 23.0. The molecular weight excluding hydrogens is 406 g/mol. The van der Waals surface area contributed by atoms with Crippen LogP contribution in [-0.2, 0) is 6.54 Å². The quantitative estimate of drug-likeness (QED) is 0.308. The Morgan fingerprint density at radius 1 is 1.03 bits per heavy atom. The van der Waals surface area contributed by atoms with E-state index < -0.39 is 4.92 Å². The number of nitro groups is 1. The van der Waals surface area contributed by atoms with Crippen LogP contribution < -0.4 is 10.7 Å². The molecule has 4 aromatic rings. The van der Waals surface area contributed by atoms with E-state index in [0.29, 0.717) is 32.7 Å². The van der Waals surface area contributed by atoms with E-state index in [4.69, 9.17) is 0 Å². The molecule has 8 heteroatoms. The van der Waals surface area contributed by atoms with Crippen LogP contribution in [0.4, 0.5) is 5.69 Å². The molecule has 1 aliphatic heterocycles. The zero-order chi connectivity index (χ0) is 22.2. The third kappa shape index (κ3) is 3.09. The summed E-state index contributed by atoms with van der Waals surface area (Å²) in [5.41, 5.74) is 1.81. The molecule has 0 amide bonds. The van der Waals surface area contributed by atoms with Gasteiger partial charge >= 0.3 is 0 Å². The van der Waals surface area contributed by atoms with Gasteiger partial charge in [0.2, 0.25) is 5.88 Å². The molecule has 1 N–H and O–H groups in total. The van der Waals surface area contributed by atoms with Crippen molar-refractivity contribution in [1.82, 2.24) is 4.57 Å². The third-order valence-electron chi connectivity index (χ3n) is 5.33. The van der Waals surface area contributed by atoms with Crippen molar-refractivity contribution in [3.05, 3.63) is 111 Å². The first kappa shape index (κ1) is 19.2. The zero-order valence-corrected chi connectivity index (χ0v) is 16.6. The van der Waals surface area contributed by atoms with E-state index in [1.54, 1.807) is 16.7 Å². The number of benzene rings is 3. The van der Waals surface area contributed by atoms with Crippen LogP contribution in [0.25, 0.3) is 16.5 Å². The lowest BCUT2D eigenvalue weighted by atomic mass is 10.1. The molecule has 32 heavy (non-hydrogen) atoms. The Hall–Kier alpha value is -4.77. The standard InChI is InChI=1S/C24H15N5O3/c25-13-18(23-26-19-9-2-3-10-20(19)27-23)22-17-8-1-4-11-21(17)28(24(22)30)14-15-6-5-7-16(12-15)29(31)32/h1-12,30H,14H2. The number of nitrogens with zero attached hydrogens (tertiary/aromatic N) is 5. The second-order valence-electron chi connectivity index (χ2n) is 7.25. The number of aromatic nitrogens is 1. The molecule has 0 unspecified atom stereocenters. The monoisotopic (exact) mass is 421 g/mol. The van der Waals surface area contributed by atoms with Crippen molar-refractivity contribution in [3.8, 4) is 11.9 Å². The van der Waals surface area contributed by atoms with Crippen molar-refractivity contribution in [2.75, 3.05) is 0 Å². The Balaban J connectivity index is 1.71. The van der Waals surface area contributed by atoms with Crippen LogP contribution in [0.2, 0.25) is 0 Å². The molecule has 0 atom stereocenters.